The van der Waals surface area contributed by atoms with Crippen molar-refractivity contribution in [3.8, 4) is 0 Å². The van der Waals surface area contributed by atoms with Gasteiger partial charge in [-0.15, -0.1) is 0 Å². The molecule has 13 heteroatoms. The lowest BCUT2D eigenvalue weighted by Crippen LogP contribution is -2.47. The topological polar surface area (TPSA) is 127 Å². The molecule has 220 valence electrons. The van der Waals surface area contributed by atoms with Crippen molar-refractivity contribution in [3.63, 3.8) is 0 Å². The Morgan fingerprint density at radius 2 is 1.90 bits per heavy atom. The zero-order valence-electron chi connectivity index (χ0n) is 23.1. The fraction of sp³-hybridized carbons (Fsp3) is 0.643. The zero-order valence-corrected chi connectivity index (χ0v) is 23.1. The van der Waals surface area contributed by atoms with Gasteiger partial charge in [0.1, 0.15) is 11.9 Å². The summed E-state index contributed by atoms with van der Waals surface area (Å²) in [5.74, 6) is -3.08. The Morgan fingerprint density at radius 1 is 1.17 bits per heavy atom. The van der Waals surface area contributed by atoms with Crippen molar-refractivity contribution < 1.29 is 27.4 Å². The van der Waals surface area contributed by atoms with E-state index >= 15 is 0 Å². The molecule has 2 aromatic heterocycles. The summed E-state index contributed by atoms with van der Waals surface area (Å²) in [4.78, 5) is 30.8. The average molecular weight is 574 g/mol. The largest absolute Gasteiger partial charge is 0.349 e. The number of amides is 2. The van der Waals surface area contributed by atoms with Crippen LogP contribution in [0.1, 0.15) is 92.0 Å². The quantitative estimate of drug-likeness (QED) is 0.406. The van der Waals surface area contributed by atoms with E-state index in [0.29, 0.717) is 36.0 Å². The van der Waals surface area contributed by atoms with Crippen molar-refractivity contribution >= 4 is 24.6 Å². The van der Waals surface area contributed by atoms with E-state index in [2.05, 4.69) is 37.4 Å². The number of aryl methyl sites for hydroxylation is 1. The van der Waals surface area contributed by atoms with Crippen LogP contribution in [-0.2, 0) is 4.79 Å². The second-order valence-corrected chi connectivity index (χ2v) is 12.2. The van der Waals surface area contributed by atoms with Gasteiger partial charge in [0, 0.05) is 25.5 Å². The van der Waals surface area contributed by atoms with E-state index in [1.807, 2.05) is 13.0 Å². The van der Waals surface area contributed by atoms with Crippen LogP contribution >= 0.6 is 0 Å². The van der Waals surface area contributed by atoms with E-state index in [0.717, 1.165) is 18.4 Å². The first-order valence-electron chi connectivity index (χ1n) is 14.2. The third-order valence-electron chi connectivity index (χ3n) is 9.40. The highest BCUT2D eigenvalue weighted by molar-refractivity contribution is 5.93. The van der Waals surface area contributed by atoms with Gasteiger partial charge in [-0.25, -0.2) is 27.5 Å². The maximum Gasteiger partial charge on any atom is 0.276 e. The van der Waals surface area contributed by atoms with Gasteiger partial charge in [0.05, 0.1) is 29.4 Å². The molecular weight excluding hydrogens is 539 g/mol. The maximum absolute atomic E-state index is 14.0. The summed E-state index contributed by atoms with van der Waals surface area (Å²) < 4.78 is 47.8. The van der Waals surface area contributed by atoms with Crippen molar-refractivity contribution in [1.82, 2.24) is 30.6 Å². The predicted molar refractivity (Wildman–Crippen MR) is 142 cm³/mol. The Labute approximate surface area is 235 Å². The molecule has 4 saturated carbocycles. The highest BCUT2D eigenvalue weighted by Gasteiger charge is 2.72. The summed E-state index contributed by atoms with van der Waals surface area (Å²) in [7, 11) is 0. The Hall–Kier alpha value is -3.51. The minimum Gasteiger partial charge on any atom is -0.349 e. The van der Waals surface area contributed by atoms with Crippen molar-refractivity contribution in [2.45, 2.75) is 89.4 Å². The van der Waals surface area contributed by atoms with E-state index in [1.54, 1.807) is 13.1 Å². The summed E-state index contributed by atoms with van der Waals surface area (Å²) >= 11 is 0. The molecule has 4 aliphatic carbocycles. The molecule has 4 aliphatic rings. The van der Waals surface area contributed by atoms with Gasteiger partial charge in [-0.2, -0.15) is 5.10 Å². The number of nitrogens with zero attached hydrogens (tertiary/aromatic N) is 5. The molecule has 2 aromatic rings. The third kappa shape index (κ3) is 5.19. The van der Waals surface area contributed by atoms with Crippen LogP contribution in [0.5, 0.6) is 0 Å². The van der Waals surface area contributed by atoms with Gasteiger partial charge in [-0.3, -0.25) is 9.59 Å². The molecule has 41 heavy (non-hydrogen) atoms. The van der Waals surface area contributed by atoms with Gasteiger partial charge in [0.25, 0.3) is 5.91 Å². The van der Waals surface area contributed by atoms with E-state index in [1.165, 1.54) is 4.68 Å². The Bertz CT molecular complexity index is 1390. The van der Waals surface area contributed by atoms with Gasteiger partial charge in [0.15, 0.2) is 11.5 Å². The summed E-state index contributed by atoms with van der Waals surface area (Å²) in [6.07, 6.45) is 5.27. The minimum absolute atomic E-state index is 0.0133. The van der Waals surface area contributed by atoms with Gasteiger partial charge >= 0.3 is 0 Å². The number of imidazole rings is 1. The van der Waals surface area contributed by atoms with Crippen molar-refractivity contribution in [2.24, 2.45) is 28.3 Å². The van der Waals surface area contributed by atoms with Gasteiger partial charge < -0.3 is 10.6 Å². The van der Waals surface area contributed by atoms with Crippen molar-refractivity contribution in [2.75, 3.05) is 0 Å². The van der Waals surface area contributed by atoms with Crippen molar-refractivity contribution in [3.05, 3.63) is 34.7 Å². The van der Waals surface area contributed by atoms with Crippen LogP contribution in [-0.4, -0.2) is 56.6 Å². The molecule has 0 saturated heterocycles. The average Bonchev–Trinajstić information content (AvgIpc) is 3.78. The number of fused-ring (bicyclic) bond motifs is 1. The van der Waals surface area contributed by atoms with Crippen LogP contribution < -0.4 is 10.6 Å². The number of carbonyl (C=O) groups excluding carboxylic acids is 2. The second-order valence-electron chi connectivity index (χ2n) is 12.2. The summed E-state index contributed by atoms with van der Waals surface area (Å²) in [5, 5.41) is 17.5. The molecule has 4 fully saturated rings. The number of aromatic nitrogens is 4. The smallest absolute Gasteiger partial charge is 0.276 e. The molecule has 0 aromatic carbocycles. The monoisotopic (exact) mass is 573 g/mol. The molecule has 0 radical (unpaired) electrons. The molecular formula is C28H34F3N7O3. The molecule has 10 nitrogen and oxygen atoms in total. The molecule has 0 bridgehead atoms. The first-order valence-corrected chi connectivity index (χ1v) is 14.2. The Morgan fingerprint density at radius 3 is 2.46 bits per heavy atom. The molecule has 2 amide bonds. The molecule has 5 atom stereocenters. The normalized spacial score (nSPS) is 28.7. The zero-order chi connectivity index (χ0) is 29.1. The van der Waals surface area contributed by atoms with Crippen LogP contribution in [0.3, 0.4) is 0 Å². The first-order chi connectivity index (χ1) is 19.5. The van der Waals surface area contributed by atoms with Crippen LogP contribution in [0.25, 0.3) is 6.08 Å². The van der Waals surface area contributed by atoms with Gasteiger partial charge in [-0.1, -0.05) is 5.16 Å². The number of alkyl halides is 3. The summed E-state index contributed by atoms with van der Waals surface area (Å²) in [6, 6.07) is -0.906. The summed E-state index contributed by atoms with van der Waals surface area (Å²) in [5.41, 5.74) is 1.10. The number of nitrogens with one attached hydrogen (secondary N) is 2. The Balaban J connectivity index is 1.25. The molecule has 0 unspecified atom stereocenters. The van der Waals surface area contributed by atoms with Crippen LogP contribution in [0, 0.1) is 30.1 Å². The SMILES string of the molecule is C=Nn1cc([C@@H](NC(=O)c2nonc2C)C2CCC(F)(F)CC2)nc1/C=C(\C)[C@H](NC(=O)[C@@]12C[C@@H](F)[C@@H]1C2)C1CC1. The maximum atomic E-state index is 14.0. The number of hydrogen-bond acceptors (Lipinski definition) is 7. The number of carbonyl (C=O) groups is 2. The standard InChI is InChI=1S/C28H34F3N7O3/c1-14(22(16-4-5-16)35-26(40)27-11-18(27)19(29)12-27)10-21-33-20(13-38(21)32-3)24(17-6-8-28(30,31)9-7-17)34-25(39)23-15(2)36-41-37-23/h10,13,16-19,22,24H,3-9,11-12H2,1-2H3,(H,34,39)(H,35,40)/b14-10+/t18-,19+,22-,24-,27-/m0/s1. The van der Waals surface area contributed by atoms with E-state index in [-0.39, 0.29) is 55.2 Å². The second kappa shape index (κ2) is 10.1. The minimum atomic E-state index is -2.74. The lowest BCUT2D eigenvalue weighted by molar-refractivity contribution is -0.131. The summed E-state index contributed by atoms with van der Waals surface area (Å²) in [6.45, 7) is 7.14. The number of hydrogen-bond donors (Lipinski definition) is 2. The van der Waals surface area contributed by atoms with Crippen LogP contribution in [0.15, 0.2) is 21.5 Å². The van der Waals surface area contributed by atoms with Crippen LogP contribution in [0.4, 0.5) is 13.2 Å². The highest BCUT2D eigenvalue weighted by Crippen LogP contribution is 2.68. The molecule has 2 N–H and O–H groups in total. The van der Waals surface area contributed by atoms with Gasteiger partial charge in [0.2, 0.25) is 11.8 Å². The predicted octanol–water partition coefficient (Wildman–Crippen LogP) is 4.38. The van der Waals surface area contributed by atoms with E-state index in [9.17, 15) is 22.8 Å². The fourth-order valence-electron chi connectivity index (χ4n) is 6.58. The molecule has 6 rings (SSSR count). The lowest BCUT2D eigenvalue weighted by Gasteiger charge is -2.33. The van der Waals surface area contributed by atoms with E-state index < -0.39 is 29.5 Å². The number of rotatable bonds is 10. The molecule has 0 spiro atoms. The molecule has 2 heterocycles. The Kier molecular flexibility index (Phi) is 6.80. The fourth-order valence-corrected chi connectivity index (χ4v) is 6.58. The van der Waals surface area contributed by atoms with E-state index in [4.69, 9.17) is 4.98 Å². The molecule has 0 aliphatic heterocycles. The van der Waals surface area contributed by atoms with Gasteiger partial charge in [-0.05, 0) is 81.0 Å². The lowest BCUT2D eigenvalue weighted by atomic mass is 9.81. The van der Waals surface area contributed by atoms with Crippen molar-refractivity contribution in [1.29, 1.82) is 0 Å². The third-order valence-corrected chi connectivity index (χ3v) is 9.40. The highest BCUT2D eigenvalue weighted by atomic mass is 19.3. The number of halogens is 3. The van der Waals surface area contributed by atoms with Crippen LogP contribution in [0.2, 0.25) is 0 Å². The first kappa shape index (κ1) is 27.6.